The lowest BCUT2D eigenvalue weighted by atomic mass is 9.98. The number of carbonyl (C=O) groups is 1. The monoisotopic (exact) mass is 417 g/mol. The van der Waals surface area contributed by atoms with Crippen LogP contribution in [-0.4, -0.2) is 38.4 Å². The van der Waals surface area contributed by atoms with Crippen molar-refractivity contribution < 1.29 is 22.7 Å². The van der Waals surface area contributed by atoms with Crippen LogP contribution in [0, 0.1) is 19.8 Å². The van der Waals surface area contributed by atoms with Crippen LogP contribution in [0.2, 0.25) is 0 Å². The third kappa shape index (κ3) is 4.79. The number of aryl methyl sites for hydroxylation is 2. The Kier molecular flexibility index (Phi) is 6.59. The van der Waals surface area contributed by atoms with Crippen LogP contribution in [0.1, 0.15) is 30.9 Å². The number of ether oxygens (including phenoxy) is 2. The lowest BCUT2D eigenvalue weighted by Crippen LogP contribution is -2.41. The number of esters is 1. The van der Waals surface area contributed by atoms with Gasteiger partial charge in [-0.15, -0.1) is 0 Å². The highest BCUT2D eigenvalue weighted by Gasteiger charge is 2.33. The van der Waals surface area contributed by atoms with Crippen molar-refractivity contribution in [3.05, 3.63) is 53.6 Å². The average molecular weight is 418 g/mol. The fourth-order valence-electron chi connectivity index (χ4n) is 3.56. The van der Waals surface area contributed by atoms with Crippen LogP contribution < -0.4 is 9.47 Å². The van der Waals surface area contributed by atoms with E-state index in [9.17, 15) is 13.2 Å². The van der Waals surface area contributed by atoms with Gasteiger partial charge in [0.2, 0.25) is 10.0 Å². The van der Waals surface area contributed by atoms with Crippen molar-refractivity contribution in [2.24, 2.45) is 5.92 Å². The van der Waals surface area contributed by atoms with Crippen molar-refractivity contribution in [3.63, 3.8) is 0 Å². The van der Waals surface area contributed by atoms with E-state index in [1.54, 1.807) is 37.3 Å². The molecule has 29 heavy (non-hydrogen) atoms. The van der Waals surface area contributed by atoms with Crippen LogP contribution in [0.5, 0.6) is 11.5 Å². The Hall–Kier alpha value is -2.38. The topological polar surface area (TPSA) is 72.9 Å². The molecule has 1 heterocycles. The number of para-hydroxylation sites is 2. The van der Waals surface area contributed by atoms with Gasteiger partial charge in [-0.25, -0.2) is 8.42 Å². The summed E-state index contributed by atoms with van der Waals surface area (Å²) in [7, 11) is -3.57. The summed E-state index contributed by atoms with van der Waals surface area (Å²) in [6.45, 7) is 6.67. The summed E-state index contributed by atoms with van der Waals surface area (Å²) in [6, 6.07) is 12.4. The standard InChI is InChI=1S/C22H27NO5S/c1-4-27-19-7-5-6-8-20(19)28-22(24)18-11-13-23(14-12-18)29(25,26)21-10-9-16(2)15-17(21)3/h5-10,15,18H,4,11-14H2,1-3H3. The molecule has 0 atom stereocenters. The average Bonchev–Trinajstić information content (AvgIpc) is 2.69. The van der Waals surface area contributed by atoms with Gasteiger partial charge in [-0.2, -0.15) is 4.31 Å². The predicted molar refractivity (Wildman–Crippen MR) is 111 cm³/mol. The lowest BCUT2D eigenvalue weighted by molar-refractivity contribution is -0.140. The summed E-state index contributed by atoms with van der Waals surface area (Å²) >= 11 is 0. The Bertz CT molecular complexity index is 978. The third-order valence-electron chi connectivity index (χ3n) is 5.10. The Morgan fingerprint density at radius 1 is 1.07 bits per heavy atom. The SMILES string of the molecule is CCOc1ccccc1OC(=O)C1CCN(S(=O)(=O)c2ccc(C)cc2C)CC1. The molecule has 1 aliphatic rings. The van der Waals surface area contributed by atoms with Crippen molar-refractivity contribution in [2.75, 3.05) is 19.7 Å². The molecule has 156 valence electrons. The Morgan fingerprint density at radius 3 is 2.34 bits per heavy atom. The first-order valence-electron chi connectivity index (χ1n) is 9.84. The van der Waals surface area contributed by atoms with Crippen molar-refractivity contribution in [1.82, 2.24) is 4.31 Å². The molecule has 6 nitrogen and oxygen atoms in total. The predicted octanol–water partition coefficient (Wildman–Crippen LogP) is 3.71. The molecule has 0 saturated carbocycles. The molecule has 0 spiro atoms. The van der Waals surface area contributed by atoms with Crippen LogP contribution in [0.15, 0.2) is 47.4 Å². The first kappa shape index (κ1) is 21.3. The normalized spacial score (nSPS) is 15.8. The molecule has 3 rings (SSSR count). The summed E-state index contributed by atoms with van der Waals surface area (Å²) in [4.78, 5) is 12.9. The first-order chi connectivity index (χ1) is 13.8. The molecule has 1 saturated heterocycles. The van der Waals surface area contributed by atoms with Crippen molar-refractivity contribution >= 4 is 16.0 Å². The highest BCUT2D eigenvalue weighted by Crippen LogP contribution is 2.30. The molecule has 0 bridgehead atoms. The summed E-state index contributed by atoms with van der Waals surface area (Å²) < 4.78 is 38.5. The van der Waals surface area contributed by atoms with Gasteiger partial charge < -0.3 is 9.47 Å². The molecule has 2 aromatic carbocycles. The van der Waals surface area contributed by atoms with Gasteiger partial charge in [-0.05, 0) is 57.4 Å². The summed E-state index contributed by atoms with van der Waals surface area (Å²) in [5.74, 6) is 0.235. The smallest absolute Gasteiger partial charge is 0.314 e. The number of benzene rings is 2. The van der Waals surface area contributed by atoms with Crippen molar-refractivity contribution in [2.45, 2.75) is 38.5 Å². The molecule has 0 aromatic heterocycles. The number of nitrogens with zero attached hydrogens (tertiary/aromatic N) is 1. The molecule has 0 radical (unpaired) electrons. The zero-order valence-corrected chi connectivity index (χ0v) is 17.9. The maximum absolute atomic E-state index is 13.0. The molecule has 7 heteroatoms. The Labute approximate surface area is 172 Å². The van der Waals surface area contributed by atoms with Crippen LogP contribution in [0.3, 0.4) is 0 Å². The van der Waals surface area contributed by atoms with Gasteiger partial charge >= 0.3 is 5.97 Å². The third-order valence-corrected chi connectivity index (χ3v) is 7.15. The summed E-state index contributed by atoms with van der Waals surface area (Å²) in [5.41, 5.74) is 1.76. The second-order valence-corrected chi connectivity index (χ2v) is 9.15. The largest absolute Gasteiger partial charge is 0.490 e. The van der Waals surface area contributed by atoms with Gasteiger partial charge in [0.25, 0.3) is 0 Å². The van der Waals surface area contributed by atoms with Gasteiger partial charge in [-0.1, -0.05) is 29.8 Å². The quantitative estimate of drug-likeness (QED) is 0.529. The minimum Gasteiger partial charge on any atom is -0.490 e. The lowest BCUT2D eigenvalue weighted by Gasteiger charge is -2.30. The molecule has 2 aromatic rings. The van der Waals surface area contributed by atoms with Crippen molar-refractivity contribution in [1.29, 1.82) is 0 Å². The number of piperidine rings is 1. The molecular weight excluding hydrogens is 390 g/mol. The molecule has 1 fully saturated rings. The summed E-state index contributed by atoms with van der Waals surface area (Å²) in [5, 5.41) is 0. The zero-order valence-electron chi connectivity index (χ0n) is 17.1. The van der Waals surface area contributed by atoms with E-state index in [1.165, 1.54) is 4.31 Å². The number of rotatable bonds is 6. The van der Waals surface area contributed by atoms with Crippen LogP contribution in [0.25, 0.3) is 0 Å². The first-order valence-corrected chi connectivity index (χ1v) is 11.3. The molecule has 0 unspecified atom stereocenters. The van der Waals surface area contributed by atoms with E-state index in [2.05, 4.69) is 0 Å². The fourth-order valence-corrected chi connectivity index (χ4v) is 5.24. The van der Waals surface area contributed by atoms with E-state index in [0.29, 0.717) is 48.9 Å². The molecule has 0 amide bonds. The van der Waals surface area contributed by atoms with E-state index in [0.717, 1.165) is 11.1 Å². The zero-order chi connectivity index (χ0) is 21.0. The fraction of sp³-hybridized carbons (Fsp3) is 0.409. The van der Waals surface area contributed by atoms with E-state index in [4.69, 9.17) is 9.47 Å². The minimum atomic E-state index is -3.57. The maximum Gasteiger partial charge on any atom is 0.314 e. The Morgan fingerprint density at radius 2 is 1.72 bits per heavy atom. The van der Waals surface area contributed by atoms with Gasteiger partial charge in [0.1, 0.15) is 0 Å². The van der Waals surface area contributed by atoms with E-state index < -0.39 is 10.0 Å². The van der Waals surface area contributed by atoms with Gasteiger partial charge in [0.05, 0.1) is 17.4 Å². The Balaban J connectivity index is 1.65. The van der Waals surface area contributed by atoms with Gasteiger partial charge in [0, 0.05) is 13.1 Å². The molecule has 0 aliphatic carbocycles. The minimum absolute atomic E-state index is 0.294. The number of carbonyl (C=O) groups excluding carboxylic acids is 1. The van der Waals surface area contributed by atoms with E-state index in [1.807, 2.05) is 26.0 Å². The number of sulfonamides is 1. The van der Waals surface area contributed by atoms with Crippen LogP contribution in [-0.2, 0) is 14.8 Å². The highest BCUT2D eigenvalue weighted by atomic mass is 32.2. The molecular formula is C22H27NO5S. The number of hydrogen-bond donors (Lipinski definition) is 0. The maximum atomic E-state index is 13.0. The van der Waals surface area contributed by atoms with E-state index in [-0.39, 0.29) is 11.9 Å². The second kappa shape index (κ2) is 8.97. The van der Waals surface area contributed by atoms with Crippen molar-refractivity contribution in [3.8, 4) is 11.5 Å². The molecule has 0 N–H and O–H groups in total. The van der Waals surface area contributed by atoms with Gasteiger partial charge in [-0.3, -0.25) is 4.79 Å². The number of hydrogen-bond acceptors (Lipinski definition) is 5. The molecule has 1 aliphatic heterocycles. The van der Waals surface area contributed by atoms with Gasteiger partial charge in [0.15, 0.2) is 11.5 Å². The van der Waals surface area contributed by atoms with E-state index >= 15 is 0 Å². The second-order valence-electron chi connectivity index (χ2n) is 7.25. The highest BCUT2D eigenvalue weighted by molar-refractivity contribution is 7.89. The summed E-state index contributed by atoms with van der Waals surface area (Å²) in [6.07, 6.45) is 0.861. The van der Waals surface area contributed by atoms with Crippen LogP contribution >= 0.6 is 0 Å². The van der Waals surface area contributed by atoms with Crippen LogP contribution in [0.4, 0.5) is 0 Å².